The Balaban J connectivity index is 0.000000198. The van der Waals surface area contributed by atoms with Gasteiger partial charge in [-0.2, -0.15) is 0 Å². The molecule has 4 nitrogen and oxygen atoms in total. The fourth-order valence-electron chi connectivity index (χ4n) is 2.92. The molecule has 1 aliphatic heterocycles. The van der Waals surface area contributed by atoms with Crippen LogP contribution in [0.1, 0.15) is 44.6 Å². The number of likely N-dealkylation sites (tertiary alicyclic amines) is 1. The highest BCUT2D eigenvalue weighted by Gasteiger charge is 2.26. The molecule has 0 radical (unpaired) electrons. The van der Waals surface area contributed by atoms with Crippen molar-refractivity contribution in [3.63, 3.8) is 0 Å². The van der Waals surface area contributed by atoms with Crippen molar-refractivity contribution in [3.8, 4) is 0 Å². The maximum Gasteiger partial charge on any atom is 0.304 e. The minimum absolute atomic E-state index is 0.278. The number of aliphatic carboxylic acids is 1. The van der Waals surface area contributed by atoms with Gasteiger partial charge < -0.3 is 15.3 Å². The molecule has 0 atom stereocenters. The van der Waals surface area contributed by atoms with E-state index in [0.717, 1.165) is 19.1 Å². The third-order valence-electron chi connectivity index (χ3n) is 4.44. The van der Waals surface area contributed by atoms with Crippen molar-refractivity contribution in [1.29, 1.82) is 0 Å². The van der Waals surface area contributed by atoms with Gasteiger partial charge in [-0.15, -0.1) is 0 Å². The van der Waals surface area contributed by atoms with Crippen LogP contribution < -0.4 is 5.32 Å². The highest BCUT2D eigenvalue weighted by Crippen LogP contribution is 2.22. The first kappa shape index (κ1) is 18.7. The Labute approximate surface area is 145 Å². The number of carbonyl (C=O) groups is 1. The van der Waals surface area contributed by atoms with Gasteiger partial charge in [-0.05, 0) is 51.3 Å². The van der Waals surface area contributed by atoms with Crippen LogP contribution in [-0.4, -0.2) is 47.7 Å². The Morgan fingerprint density at radius 1 is 1.17 bits per heavy atom. The number of hydrogen-bond acceptors (Lipinski definition) is 3. The van der Waals surface area contributed by atoms with E-state index in [4.69, 9.17) is 5.11 Å². The van der Waals surface area contributed by atoms with E-state index in [1.807, 2.05) is 31.2 Å². The molecule has 0 bridgehead atoms. The number of piperidine rings is 1. The highest BCUT2D eigenvalue weighted by atomic mass is 16.4. The van der Waals surface area contributed by atoms with Gasteiger partial charge in [-0.3, -0.25) is 4.79 Å². The highest BCUT2D eigenvalue weighted by molar-refractivity contribution is 5.66. The monoisotopic (exact) mass is 330 g/mol. The van der Waals surface area contributed by atoms with Crippen molar-refractivity contribution in [2.75, 3.05) is 19.6 Å². The zero-order chi connectivity index (χ0) is 17.2. The molecule has 2 aliphatic rings. The lowest BCUT2D eigenvalue weighted by Crippen LogP contribution is -2.43. The van der Waals surface area contributed by atoms with Crippen LogP contribution in [0, 0.1) is 0 Å². The summed E-state index contributed by atoms with van der Waals surface area (Å²) in [5, 5.41) is 12.2. The van der Waals surface area contributed by atoms with Gasteiger partial charge in [0.1, 0.15) is 0 Å². The molecular weight excluding hydrogens is 300 g/mol. The zero-order valence-electron chi connectivity index (χ0n) is 14.7. The van der Waals surface area contributed by atoms with E-state index in [1.165, 1.54) is 31.2 Å². The summed E-state index contributed by atoms with van der Waals surface area (Å²) in [6, 6.07) is 11.7. The molecule has 1 heterocycles. The summed E-state index contributed by atoms with van der Waals surface area (Å²) in [6.07, 6.45) is 9.45. The maximum absolute atomic E-state index is 10.4. The Kier molecular flexibility index (Phi) is 7.99. The predicted octanol–water partition coefficient (Wildman–Crippen LogP) is 3.40. The van der Waals surface area contributed by atoms with E-state index < -0.39 is 5.97 Å². The minimum atomic E-state index is -0.687. The topological polar surface area (TPSA) is 52.6 Å². The SMILES string of the molecule is C/C=C\c1ccccc1.O=C(O)CCN1CCC(NC2CC2)CC1. The molecule has 0 spiro atoms. The van der Waals surface area contributed by atoms with Gasteiger partial charge in [-0.1, -0.05) is 42.5 Å². The lowest BCUT2D eigenvalue weighted by Gasteiger charge is -2.32. The van der Waals surface area contributed by atoms with Gasteiger partial charge >= 0.3 is 5.97 Å². The second-order valence-electron chi connectivity index (χ2n) is 6.61. The summed E-state index contributed by atoms with van der Waals surface area (Å²) in [5.74, 6) is -0.687. The fourth-order valence-corrected chi connectivity index (χ4v) is 2.92. The molecule has 1 aliphatic carbocycles. The summed E-state index contributed by atoms with van der Waals surface area (Å²) in [5.41, 5.74) is 1.26. The van der Waals surface area contributed by atoms with Gasteiger partial charge in [0.25, 0.3) is 0 Å². The third-order valence-corrected chi connectivity index (χ3v) is 4.44. The normalized spacial score (nSPS) is 19.0. The summed E-state index contributed by atoms with van der Waals surface area (Å²) in [6.45, 7) is 4.84. The van der Waals surface area contributed by atoms with Gasteiger partial charge in [0, 0.05) is 18.6 Å². The molecule has 2 fully saturated rings. The van der Waals surface area contributed by atoms with Gasteiger partial charge in [-0.25, -0.2) is 0 Å². The number of benzene rings is 1. The number of rotatable bonds is 6. The van der Waals surface area contributed by atoms with Crippen molar-refractivity contribution in [1.82, 2.24) is 10.2 Å². The first-order valence-electron chi connectivity index (χ1n) is 9.05. The molecule has 0 unspecified atom stereocenters. The number of nitrogens with one attached hydrogen (secondary N) is 1. The maximum atomic E-state index is 10.4. The molecule has 4 heteroatoms. The second kappa shape index (κ2) is 10.3. The van der Waals surface area contributed by atoms with E-state index in [1.54, 1.807) is 0 Å². The molecule has 0 aromatic heterocycles. The molecular formula is C20H30N2O2. The third kappa shape index (κ3) is 7.75. The van der Waals surface area contributed by atoms with Crippen molar-refractivity contribution in [2.24, 2.45) is 0 Å². The van der Waals surface area contributed by atoms with E-state index in [9.17, 15) is 4.79 Å². The minimum Gasteiger partial charge on any atom is -0.481 e. The fraction of sp³-hybridized carbons (Fsp3) is 0.550. The van der Waals surface area contributed by atoms with Crippen LogP contribution in [0.25, 0.3) is 6.08 Å². The first-order valence-corrected chi connectivity index (χ1v) is 9.05. The number of hydrogen-bond donors (Lipinski definition) is 2. The van der Waals surface area contributed by atoms with E-state index >= 15 is 0 Å². The smallest absolute Gasteiger partial charge is 0.304 e. The lowest BCUT2D eigenvalue weighted by molar-refractivity contribution is -0.137. The van der Waals surface area contributed by atoms with E-state index in [2.05, 4.69) is 28.4 Å². The van der Waals surface area contributed by atoms with E-state index in [-0.39, 0.29) is 6.42 Å². The average Bonchev–Trinajstić information content (AvgIpc) is 3.40. The summed E-state index contributed by atoms with van der Waals surface area (Å²) >= 11 is 0. The summed E-state index contributed by atoms with van der Waals surface area (Å²) in [4.78, 5) is 12.7. The van der Waals surface area contributed by atoms with Gasteiger partial charge in [0.15, 0.2) is 0 Å². The van der Waals surface area contributed by atoms with Crippen molar-refractivity contribution >= 4 is 12.0 Å². The van der Waals surface area contributed by atoms with Crippen LogP contribution in [0.5, 0.6) is 0 Å². The van der Waals surface area contributed by atoms with Crippen LogP contribution >= 0.6 is 0 Å². The quantitative estimate of drug-likeness (QED) is 0.839. The van der Waals surface area contributed by atoms with Crippen molar-refractivity contribution in [2.45, 2.75) is 51.1 Å². The summed E-state index contributed by atoms with van der Waals surface area (Å²) in [7, 11) is 0. The van der Waals surface area contributed by atoms with Gasteiger partial charge in [0.2, 0.25) is 0 Å². The van der Waals surface area contributed by atoms with Crippen LogP contribution in [0.2, 0.25) is 0 Å². The Morgan fingerprint density at radius 3 is 2.33 bits per heavy atom. The van der Waals surface area contributed by atoms with Crippen LogP contribution in [0.4, 0.5) is 0 Å². The van der Waals surface area contributed by atoms with Crippen molar-refractivity contribution in [3.05, 3.63) is 42.0 Å². The molecule has 0 amide bonds. The number of carboxylic acids is 1. The first-order chi connectivity index (χ1) is 11.7. The molecule has 1 saturated heterocycles. The van der Waals surface area contributed by atoms with Crippen LogP contribution in [0.3, 0.4) is 0 Å². The zero-order valence-corrected chi connectivity index (χ0v) is 14.7. The molecule has 132 valence electrons. The molecule has 24 heavy (non-hydrogen) atoms. The Morgan fingerprint density at radius 2 is 1.79 bits per heavy atom. The molecule has 1 aromatic carbocycles. The van der Waals surface area contributed by atoms with E-state index in [0.29, 0.717) is 12.6 Å². The van der Waals surface area contributed by atoms with Crippen LogP contribution in [-0.2, 0) is 4.79 Å². The lowest BCUT2D eigenvalue weighted by atomic mass is 10.0. The second-order valence-corrected chi connectivity index (χ2v) is 6.61. The number of allylic oxidation sites excluding steroid dienone is 1. The van der Waals surface area contributed by atoms with Gasteiger partial charge in [0.05, 0.1) is 6.42 Å². The number of nitrogens with zero attached hydrogens (tertiary/aromatic N) is 1. The summed E-state index contributed by atoms with van der Waals surface area (Å²) < 4.78 is 0. The Bertz CT molecular complexity index is 504. The largest absolute Gasteiger partial charge is 0.481 e. The Hall–Kier alpha value is -1.65. The van der Waals surface area contributed by atoms with Crippen molar-refractivity contribution < 1.29 is 9.90 Å². The molecule has 2 N–H and O–H groups in total. The number of carboxylic acid groups (broad SMARTS) is 1. The standard InChI is InChI=1S/C11H20N2O2.C9H10/c14-11(15)5-8-13-6-3-10(4-7-13)12-9-1-2-9;1-2-6-9-7-4-3-5-8-9/h9-10,12H,1-8H2,(H,14,15);2-8H,1H3/b;6-2-. The average molecular weight is 330 g/mol. The molecule has 3 rings (SSSR count). The predicted molar refractivity (Wildman–Crippen MR) is 99.0 cm³/mol. The van der Waals surface area contributed by atoms with Crippen LogP contribution in [0.15, 0.2) is 36.4 Å². The molecule has 1 aromatic rings. The molecule has 1 saturated carbocycles.